The Morgan fingerprint density at radius 2 is 2.08 bits per heavy atom. The Kier molecular flexibility index (Phi) is 10.4. The van der Waals surface area contributed by atoms with Crippen molar-refractivity contribution in [2.45, 2.75) is 82.6 Å². The zero-order valence-corrected chi connectivity index (χ0v) is 31.8. The minimum atomic E-state index is -3.50. The van der Waals surface area contributed by atoms with Gasteiger partial charge in [0.2, 0.25) is 0 Å². The highest BCUT2D eigenvalue weighted by Gasteiger charge is 2.45. The number of ether oxygens (including phenoxy) is 2. The number of benzene rings is 1. The number of carbonyl (C=O) groups excluding carboxylic acids is 2. The number of aromatic nitrogens is 3. The predicted octanol–water partition coefficient (Wildman–Crippen LogP) is 6.93. The molecule has 0 radical (unpaired) electrons. The first-order chi connectivity index (χ1) is 25.0. The summed E-state index contributed by atoms with van der Waals surface area (Å²) < 4.78 is 33.4. The lowest BCUT2D eigenvalue weighted by atomic mass is 9.68. The van der Waals surface area contributed by atoms with Crippen LogP contribution in [0.25, 0.3) is 0 Å². The molecular weight excluding hydrogens is 700 g/mol. The fourth-order valence-corrected chi connectivity index (χ4v) is 10.2. The number of carbonyl (C=O) groups is 2. The maximum absolute atomic E-state index is 14.8. The van der Waals surface area contributed by atoms with E-state index in [1.54, 1.807) is 37.0 Å². The van der Waals surface area contributed by atoms with E-state index in [0.717, 1.165) is 49.2 Å². The highest BCUT2D eigenvalue weighted by atomic mass is 35.5. The summed E-state index contributed by atoms with van der Waals surface area (Å²) in [5.74, 6) is 0.319. The third-order valence-electron chi connectivity index (χ3n) is 11.6. The zero-order chi connectivity index (χ0) is 36.6. The number of hydrogen-bond donors (Lipinski definition) is 0. The molecule has 0 N–H and O–H groups in total. The van der Waals surface area contributed by atoms with Gasteiger partial charge < -0.3 is 14.4 Å². The Labute approximate surface area is 311 Å². The van der Waals surface area contributed by atoms with Crippen LogP contribution in [-0.2, 0) is 32.8 Å². The van der Waals surface area contributed by atoms with Gasteiger partial charge in [0.1, 0.15) is 11.2 Å². The standard InChI is InChI=1S/C39H47ClN6O5S/c1-5-46-21-29(19-42-46)37(47)41-24-52(49)26(3)25(2)8-6-10-34(50-4)31-13-11-28(31)20-45-22-39(17-7-9-27-18-30(40)12-14-32(27)39)23-51-35-16-15-33(38(48)44-52)43-36(35)45/h6,10,12,14-16,18-19,21,24-26,28,31,34H,5,7-9,11,13,17,20,22-23H2,1-4H3/b10-6+,41-24?/t25-,26+,28-,31+,34-,39-,52?/m0/s1. The molecule has 1 aromatic carbocycles. The second-order valence-electron chi connectivity index (χ2n) is 14.8. The number of methoxy groups -OCH3 is 1. The van der Waals surface area contributed by atoms with Crippen LogP contribution in [0.3, 0.4) is 0 Å². The highest BCUT2D eigenvalue weighted by molar-refractivity contribution is 8.07. The number of amides is 2. The van der Waals surface area contributed by atoms with Crippen molar-refractivity contribution in [3.05, 3.63) is 82.3 Å². The molecule has 2 aromatic heterocycles. The number of nitrogens with zero attached hydrogens (tertiary/aromatic N) is 6. The molecule has 1 fully saturated rings. The summed E-state index contributed by atoms with van der Waals surface area (Å²) in [6.07, 6.45) is 12.7. The minimum Gasteiger partial charge on any atom is -0.489 e. The molecule has 2 amide bonds. The van der Waals surface area contributed by atoms with E-state index in [1.165, 1.54) is 17.3 Å². The van der Waals surface area contributed by atoms with Gasteiger partial charge in [0.05, 0.1) is 34.2 Å². The molecular formula is C39H47ClN6O5S. The number of halogens is 1. The molecule has 2 bridgehead atoms. The number of hydrogen-bond acceptors (Lipinski definition) is 8. The Hall–Kier alpha value is -3.87. The SMILES string of the molecule is CCn1cc(C(=O)N=CS2(=O)=NC(=O)c3ccc4c(n3)N(C[C@@H]3CC[C@H]3[C@@H](OC)/C=C/C[C@H](C)[C@H]2C)C[C@@]2(CCCc3cc(Cl)ccc32)CO4)cn1. The predicted molar refractivity (Wildman–Crippen MR) is 203 cm³/mol. The van der Waals surface area contributed by atoms with Crippen molar-refractivity contribution in [2.75, 3.05) is 31.7 Å². The van der Waals surface area contributed by atoms with E-state index < -0.39 is 26.8 Å². The Bertz CT molecular complexity index is 2040. The Morgan fingerprint density at radius 3 is 2.83 bits per heavy atom. The van der Waals surface area contributed by atoms with E-state index in [1.807, 2.05) is 19.9 Å². The lowest BCUT2D eigenvalue weighted by Crippen LogP contribution is -2.49. The normalized spacial score (nSPS) is 31.1. The van der Waals surface area contributed by atoms with Gasteiger partial charge in [0.25, 0.3) is 5.91 Å². The highest BCUT2D eigenvalue weighted by Crippen LogP contribution is 2.46. The number of aliphatic imine (C=N–C) groups is 1. The number of anilines is 1. The second-order valence-corrected chi connectivity index (χ2v) is 17.6. The lowest BCUT2D eigenvalue weighted by Gasteiger charge is -2.45. The first-order valence-electron chi connectivity index (χ1n) is 18.3. The summed E-state index contributed by atoms with van der Waals surface area (Å²) in [4.78, 5) is 38.4. The third kappa shape index (κ3) is 7.09. The molecule has 3 aromatic rings. The van der Waals surface area contributed by atoms with Crippen molar-refractivity contribution in [1.82, 2.24) is 14.8 Å². The van der Waals surface area contributed by atoms with Crippen LogP contribution in [0.2, 0.25) is 5.02 Å². The Balaban J connectivity index is 1.31. The Morgan fingerprint density at radius 1 is 1.23 bits per heavy atom. The number of rotatable bonds is 4. The molecule has 276 valence electrons. The minimum absolute atomic E-state index is 0.0579. The molecule has 4 aliphatic rings. The van der Waals surface area contributed by atoms with Gasteiger partial charge in [-0.05, 0) is 106 Å². The number of aryl methyl sites for hydroxylation is 2. The quantitative estimate of drug-likeness (QED) is 0.160. The first kappa shape index (κ1) is 36.5. The molecule has 7 atom stereocenters. The van der Waals surface area contributed by atoms with Gasteiger partial charge in [-0.3, -0.25) is 14.3 Å². The monoisotopic (exact) mass is 746 g/mol. The van der Waals surface area contributed by atoms with E-state index in [2.05, 4.69) is 43.6 Å². The average Bonchev–Trinajstić information content (AvgIpc) is 3.57. The molecule has 11 nitrogen and oxygen atoms in total. The van der Waals surface area contributed by atoms with Gasteiger partial charge in [0, 0.05) is 48.6 Å². The molecule has 52 heavy (non-hydrogen) atoms. The van der Waals surface area contributed by atoms with Gasteiger partial charge >= 0.3 is 5.91 Å². The van der Waals surface area contributed by atoms with E-state index >= 15 is 0 Å². The van der Waals surface area contributed by atoms with Crippen LogP contribution in [0.1, 0.15) is 84.8 Å². The van der Waals surface area contributed by atoms with Crippen LogP contribution in [0.15, 0.2) is 64.2 Å². The van der Waals surface area contributed by atoms with Crippen molar-refractivity contribution in [2.24, 2.45) is 27.1 Å². The summed E-state index contributed by atoms with van der Waals surface area (Å²) in [5.41, 5.74) is 3.58. The van der Waals surface area contributed by atoms with E-state index in [-0.39, 0.29) is 28.7 Å². The van der Waals surface area contributed by atoms with Crippen molar-refractivity contribution in [3.63, 3.8) is 0 Å². The molecule has 0 saturated heterocycles. The van der Waals surface area contributed by atoms with Crippen molar-refractivity contribution in [1.29, 1.82) is 0 Å². The van der Waals surface area contributed by atoms with Gasteiger partial charge in [0.15, 0.2) is 11.6 Å². The van der Waals surface area contributed by atoms with Gasteiger partial charge in [-0.2, -0.15) is 9.46 Å². The maximum Gasteiger partial charge on any atom is 0.304 e. The second kappa shape index (κ2) is 14.9. The summed E-state index contributed by atoms with van der Waals surface area (Å²) >= 11 is 6.45. The summed E-state index contributed by atoms with van der Waals surface area (Å²) in [6.45, 7) is 8.09. The van der Waals surface area contributed by atoms with E-state index in [4.69, 9.17) is 26.1 Å². The van der Waals surface area contributed by atoms with Crippen molar-refractivity contribution < 1.29 is 23.3 Å². The molecule has 2 aliphatic heterocycles. The zero-order valence-electron chi connectivity index (χ0n) is 30.2. The number of fused-ring (bicyclic) bond motifs is 4. The van der Waals surface area contributed by atoms with Crippen LogP contribution < -0.4 is 9.64 Å². The first-order valence-corrected chi connectivity index (χ1v) is 20.3. The summed E-state index contributed by atoms with van der Waals surface area (Å²) in [6, 6.07) is 9.55. The van der Waals surface area contributed by atoms with Crippen LogP contribution in [0.4, 0.5) is 5.82 Å². The van der Waals surface area contributed by atoms with E-state index in [0.29, 0.717) is 49.5 Å². The number of pyridine rings is 1. The molecule has 1 spiro atoms. The fraction of sp³-hybridized carbons (Fsp3) is 0.513. The molecule has 7 rings (SSSR count). The average molecular weight is 747 g/mol. The summed E-state index contributed by atoms with van der Waals surface area (Å²) in [5, 5.41) is 4.25. The van der Waals surface area contributed by atoms with Gasteiger partial charge in [-0.1, -0.05) is 36.7 Å². The molecule has 1 saturated carbocycles. The maximum atomic E-state index is 14.8. The van der Waals surface area contributed by atoms with Crippen LogP contribution in [-0.4, -0.2) is 74.5 Å². The molecule has 2 aliphatic carbocycles. The topological polar surface area (TPSA) is 128 Å². The van der Waals surface area contributed by atoms with Crippen LogP contribution in [0.5, 0.6) is 5.75 Å². The molecule has 1 unspecified atom stereocenters. The largest absolute Gasteiger partial charge is 0.489 e. The van der Waals surface area contributed by atoms with Gasteiger partial charge in [-0.25, -0.2) is 14.2 Å². The lowest BCUT2D eigenvalue weighted by molar-refractivity contribution is 0.0131. The third-order valence-corrected chi connectivity index (χ3v) is 14.3. The molecule has 4 heterocycles. The smallest absolute Gasteiger partial charge is 0.304 e. The summed E-state index contributed by atoms with van der Waals surface area (Å²) in [7, 11) is -1.74. The van der Waals surface area contributed by atoms with Crippen molar-refractivity contribution in [3.8, 4) is 5.75 Å². The fourth-order valence-electron chi connectivity index (χ4n) is 8.21. The molecule has 13 heteroatoms. The van der Waals surface area contributed by atoms with E-state index in [9.17, 15) is 13.8 Å². The van der Waals surface area contributed by atoms with Crippen LogP contribution in [0, 0.1) is 17.8 Å². The van der Waals surface area contributed by atoms with Crippen molar-refractivity contribution >= 4 is 44.5 Å². The number of allylic oxidation sites excluding steroid dienone is 1. The van der Waals surface area contributed by atoms with Gasteiger partial charge in [-0.15, -0.1) is 0 Å². The van der Waals surface area contributed by atoms with Crippen LogP contribution >= 0.6 is 11.6 Å².